The monoisotopic (exact) mass is 391 g/mol. The van der Waals surface area contributed by atoms with Crippen LogP contribution in [0, 0.1) is 0 Å². The third-order valence-corrected chi connectivity index (χ3v) is 5.02. The molecule has 0 aliphatic carbocycles. The molecule has 0 radical (unpaired) electrons. The van der Waals surface area contributed by atoms with E-state index in [1.807, 2.05) is 38.1 Å². The Kier molecular flexibility index (Phi) is 6.98. The van der Waals surface area contributed by atoms with Crippen molar-refractivity contribution < 1.29 is 23.1 Å². The van der Waals surface area contributed by atoms with Crippen molar-refractivity contribution in [3.05, 3.63) is 65.2 Å². The van der Waals surface area contributed by atoms with Crippen molar-refractivity contribution in [1.82, 2.24) is 4.31 Å². The fourth-order valence-corrected chi connectivity index (χ4v) is 3.42. The van der Waals surface area contributed by atoms with Crippen LogP contribution in [-0.4, -0.2) is 36.2 Å². The number of aliphatic carboxylic acids is 1. The highest BCUT2D eigenvalue weighted by atomic mass is 32.2. The maximum Gasteiger partial charge on any atom is 0.307 e. The zero-order valence-electron chi connectivity index (χ0n) is 15.8. The van der Waals surface area contributed by atoms with Crippen LogP contribution >= 0.6 is 0 Å². The summed E-state index contributed by atoms with van der Waals surface area (Å²) in [5.74, 6) is -0.183. The first-order chi connectivity index (χ1) is 12.6. The molecular weight excluding hydrogens is 366 g/mol. The molecule has 2 aromatic rings. The molecule has 0 heterocycles. The average Bonchev–Trinajstić information content (AvgIpc) is 2.54. The first kappa shape index (κ1) is 20.9. The zero-order chi connectivity index (χ0) is 20.0. The summed E-state index contributed by atoms with van der Waals surface area (Å²) in [6.45, 7) is 4.29. The summed E-state index contributed by atoms with van der Waals surface area (Å²) in [6, 6.07) is 14.3. The largest absolute Gasteiger partial charge is 0.491 e. The van der Waals surface area contributed by atoms with Gasteiger partial charge in [0, 0.05) is 13.1 Å². The number of hydrogen-bond donors (Lipinski definition) is 1. The molecule has 0 aliphatic rings. The first-order valence-electron chi connectivity index (χ1n) is 8.64. The van der Waals surface area contributed by atoms with Gasteiger partial charge in [0.1, 0.15) is 5.75 Å². The van der Waals surface area contributed by atoms with Crippen LogP contribution in [-0.2, 0) is 34.3 Å². The van der Waals surface area contributed by atoms with Gasteiger partial charge in [-0.15, -0.1) is 0 Å². The maximum atomic E-state index is 12.2. The van der Waals surface area contributed by atoms with Gasteiger partial charge in [-0.05, 0) is 42.7 Å². The third kappa shape index (κ3) is 7.03. The normalized spacial score (nSPS) is 11.7. The fourth-order valence-electron chi connectivity index (χ4n) is 2.66. The molecule has 0 fully saturated rings. The number of carbonyl (C=O) groups is 1. The molecule has 0 unspecified atom stereocenters. The van der Waals surface area contributed by atoms with Crippen molar-refractivity contribution in [3.8, 4) is 5.75 Å². The highest BCUT2D eigenvalue weighted by Gasteiger charge is 2.18. The van der Waals surface area contributed by atoms with Gasteiger partial charge in [-0.25, -0.2) is 8.42 Å². The second-order valence-electron chi connectivity index (χ2n) is 6.73. The van der Waals surface area contributed by atoms with Gasteiger partial charge in [0.25, 0.3) is 0 Å². The zero-order valence-corrected chi connectivity index (χ0v) is 16.6. The molecular formula is C20H25NO5S. The van der Waals surface area contributed by atoms with E-state index in [1.54, 1.807) is 24.3 Å². The van der Waals surface area contributed by atoms with Crippen LogP contribution in [0.3, 0.4) is 0 Å². The average molecular weight is 391 g/mol. The number of sulfonamides is 1. The predicted molar refractivity (Wildman–Crippen MR) is 104 cm³/mol. The molecule has 0 saturated carbocycles. The Morgan fingerprint density at radius 2 is 1.63 bits per heavy atom. The van der Waals surface area contributed by atoms with E-state index in [0.717, 1.165) is 16.9 Å². The van der Waals surface area contributed by atoms with Gasteiger partial charge in [0.2, 0.25) is 10.0 Å². The van der Waals surface area contributed by atoms with Crippen molar-refractivity contribution in [1.29, 1.82) is 0 Å². The number of ether oxygens (including phenoxy) is 1. The van der Waals surface area contributed by atoms with E-state index in [2.05, 4.69) is 0 Å². The van der Waals surface area contributed by atoms with Gasteiger partial charge in [-0.2, -0.15) is 4.31 Å². The lowest BCUT2D eigenvalue weighted by molar-refractivity contribution is -0.136. The Morgan fingerprint density at radius 3 is 2.19 bits per heavy atom. The molecule has 0 atom stereocenters. The molecule has 27 heavy (non-hydrogen) atoms. The van der Waals surface area contributed by atoms with Crippen LogP contribution in [0.15, 0.2) is 48.5 Å². The molecule has 6 nitrogen and oxygen atoms in total. The molecule has 0 aromatic heterocycles. The van der Waals surface area contributed by atoms with E-state index in [-0.39, 0.29) is 25.6 Å². The lowest BCUT2D eigenvalue weighted by atomic mass is 10.1. The summed E-state index contributed by atoms with van der Waals surface area (Å²) >= 11 is 0. The summed E-state index contributed by atoms with van der Waals surface area (Å²) < 4.78 is 31.4. The quantitative estimate of drug-likeness (QED) is 0.710. The molecule has 146 valence electrons. The highest BCUT2D eigenvalue weighted by molar-refractivity contribution is 7.88. The van der Waals surface area contributed by atoms with Crippen molar-refractivity contribution >= 4 is 16.0 Å². The van der Waals surface area contributed by atoms with E-state index in [9.17, 15) is 13.2 Å². The number of benzene rings is 2. The summed E-state index contributed by atoms with van der Waals surface area (Å²) in [5, 5.41) is 8.92. The number of hydrogen-bond acceptors (Lipinski definition) is 4. The standard InChI is InChI=1S/C20H25NO5S/c1-15(2)26-19-9-7-16(8-10-19)13-21(27(3,24)25)14-18-6-4-5-17(11-18)12-20(22)23/h4-11,15H,12-14H2,1-3H3,(H,22,23). The molecule has 0 aliphatic heterocycles. The third-order valence-electron chi connectivity index (χ3n) is 3.83. The smallest absolute Gasteiger partial charge is 0.307 e. The molecule has 0 spiro atoms. The van der Waals surface area contributed by atoms with Gasteiger partial charge >= 0.3 is 5.97 Å². The van der Waals surface area contributed by atoms with Crippen LogP contribution in [0.2, 0.25) is 0 Å². The predicted octanol–water partition coefficient (Wildman–Crippen LogP) is 3.06. The van der Waals surface area contributed by atoms with Crippen molar-refractivity contribution in [3.63, 3.8) is 0 Å². The minimum Gasteiger partial charge on any atom is -0.491 e. The molecule has 7 heteroatoms. The minimum atomic E-state index is -3.44. The number of carboxylic acid groups (broad SMARTS) is 1. The van der Waals surface area contributed by atoms with E-state index in [1.165, 1.54) is 10.6 Å². The van der Waals surface area contributed by atoms with E-state index >= 15 is 0 Å². The molecule has 2 aromatic carbocycles. The van der Waals surface area contributed by atoms with Crippen LogP contribution in [0.1, 0.15) is 30.5 Å². The Bertz CT molecular complexity index is 876. The second-order valence-corrected chi connectivity index (χ2v) is 8.71. The minimum absolute atomic E-state index is 0.0708. The Morgan fingerprint density at radius 1 is 1.04 bits per heavy atom. The van der Waals surface area contributed by atoms with Crippen molar-refractivity contribution in [2.75, 3.05) is 6.26 Å². The van der Waals surface area contributed by atoms with Crippen LogP contribution < -0.4 is 4.74 Å². The summed E-state index contributed by atoms with van der Waals surface area (Å²) in [4.78, 5) is 10.9. The first-order valence-corrected chi connectivity index (χ1v) is 10.5. The summed E-state index contributed by atoms with van der Waals surface area (Å²) in [6.07, 6.45) is 1.15. The van der Waals surface area contributed by atoms with Crippen molar-refractivity contribution in [2.24, 2.45) is 0 Å². The van der Waals surface area contributed by atoms with Gasteiger partial charge < -0.3 is 9.84 Å². The number of carboxylic acids is 1. The molecule has 0 amide bonds. The SMILES string of the molecule is CC(C)Oc1ccc(CN(Cc2cccc(CC(=O)O)c2)S(C)(=O)=O)cc1. The Labute approximate surface area is 160 Å². The fraction of sp³-hybridized carbons (Fsp3) is 0.350. The summed E-state index contributed by atoms with van der Waals surface area (Å²) in [5.41, 5.74) is 2.24. The lowest BCUT2D eigenvalue weighted by Gasteiger charge is -2.21. The number of rotatable bonds is 9. The van der Waals surface area contributed by atoms with E-state index < -0.39 is 16.0 Å². The maximum absolute atomic E-state index is 12.2. The van der Waals surface area contributed by atoms with Gasteiger partial charge in [-0.3, -0.25) is 4.79 Å². The Hall–Kier alpha value is -2.38. The van der Waals surface area contributed by atoms with E-state index in [0.29, 0.717) is 5.56 Å². The van der Waals surface area contributed by atoms with Gasteiger partial charge in [0.15, 0.2) is 0 Å². The van der Waals surface area contributed by atoms with Gasteiger partial charge in [-0.1, -0.05) is 36.4 Å². The Balaban J connectivity index is 2.16. The molecule has 2 rings (SSSR count). The lowest BCUT2D eigenvalue weighted by Crippen LogP contribution is -2.29. The van der Waals surface area contributed by atoms with Gasteiger partial charge in [0.05, 0.1) is 18.8 Å². The van der Waals surface area contributed by atoms with Crippen LogP contribution in [0.4, 0.5) is 0 Å². The molecule has 0 bridgehead atoms. The van der Waals surface area contributed by atoms with Crippen molar-refractivity contribution in [2.45, 2.75) is 39.5 Å². The van der Waals surface area contributed by atoms with E-state index in [4.69, 9.17) is 9.84 Å². The van der Waals surface area contributed by atoms with Crippen LogP contribution in [0.5, 0.6) is 5.75 Å². The molecule has 1 N–H and O–H groups in total. The topological polar surface area (TPSA) is 83.9 Å². The number of nitrogens with zero attached hydrogens (tertiary/aromatic N) is 1. The molecule has 0 saturated heterocycles. The summed E-state index contributed by atoms with van der Waals surface area (Å²) in [7, 11) is -3.44. The highest BCUT2D eigenvalue weighted by Crippen LogP contribution is 2.18. The second kappa shape index (κ2) is 9.01. The van der Waals surface area contributed by atoms with Crippen LogP contribution in [0.25, 0.3) is 0 Å².